The van der Waals surface area contributed by atoms with E-state index < -0.39 is 24.0 Å². The normalized spacial score (nSPS) is 20.7. The minimum atomic E-state index is -0.754. The summed E-state index contributed by atoms with van der Waals surface area (Å²) in [6.45, 7) is 4.24. The Morgan fingerprint density at radius 2 is 1.63 bits per heavy atom. The number of carbonyl (C=O) groups is 3. The number of carboxylic acids is 1. The largest absolute Gasteiger partial charge is 0.481 e. The molecule has 0 spiro atoms. The predicted octanol–water partition coefficient (Wildman–Crippen LogP) is 4.56. The summed E-state index contributed by atoms with van der Waals surface area (Å²) in [5.41, 5.74) is 4.64. The first-order valence-electron chi connectivity index (χ1n) is 12.5. The number of alkyl carbamates (subject to hydrolysis) is 1. The molecule has 2 aliphatic carbocycles. The van der Waals surface area contributed by atoms with E-state index in [9.17, 15) is 19.5 Å². The van der Waals surface area contributed by atoms with Gasteiger partial charge in [-0.2, -0.15) is 0 Å². The first kappa shape index (κ1) is 24.8. The Morgan fingerprint density at radius 3 is 2.26 bits per heavy atom. The summed E-state index contributed by atoms with van der Waals surface area (Å²) in [6.07, 6.45) is 2.55. The van der Waals surface area contributed by atoms with Gasteiger partial charge in [-0.05, 0) is 54.4 Å². The molecule has 4 rings (SSSR count). The van der Waals surface area contributed by atoms with Crippen LogP contribution in [0, 0.1) is 17.8 Å². The molecule has 35 heavy (non-hydrogen) atoms. The first-order chi connectivity index (χ1) is 16.8. The third-order valence-electron chi connectivity index (χ3n) is 7.55. The van der Waals surface area contributed by atoms with Crippen molar-refractivity contribution in [2.45, 2.75) is 51.5 Å². The van der Waals surface area contributed by atoms with E-state index in [-0.39, 0.29) is 30.3 Å². The van der Waals surface area contributed by atoms with Gasteiger partial charge in [-0.25, -0.2) is 4.79 Å². The highest BCUT2D eigenvalue weighted by molar-refractivity contribution is 5.80. The molecule has 2 amide bonds. The fraction of sp³-hybridized carbons (Fsp3) is 0.464. The Labute approximate surface area is 206 Å². The van der Waals surface area contributed by atoms with Crippen molar-refractivity contribution in [3.63, 3.8) is 0 Å². The van der Waals surface area contributed by atoms with Crippen molar-refractivity contribution in [2.75, 3.05) is 13.2 Å². The smallest absolute Gasteiger partial charge is 0.407 e. The highest BCUT2D eigenvalue weighted by Crippen LogP contribution is 2.44. The number of carboxylic acid groups (broad SMARTS) is 1. The van der Waals surface area contributed by atoms with Crippen LogP contribution in [-0.2, 0) is 14.3 Å². The molecule has 3 N–H and O–H groups in total. The lowest BCUT2D eigenvalue weighted by molar-refractivity contribution is -0.143. The fourth-order valence-electron chi connectivity index (χ4n) is 5.28. The molecule has 4 unspecified atom stereocenters. The van der Waals surface area contributed by atoms with Crippen molar-refractivity contribution in [3.8, 4) is 11.1 Å². The average molecular weight is 479 g/mol. The number of fused-ring (bicyclic) bond motifs is 3. The van der Waals surface area contributed by atoms with Crippen LogP contribution in [0.25, 0.3) is 11.1 Å². The highest BCUT2D eigenvalue weighted by Gasteiger charge is 2.30. The number of aliphatic carboxylic acids is 1. The number of amides is 2. The SMILES string of the molecule is CC(NC(=O)OCC1c2ccccc2-c2ccccc21)C(C)C(=O)NCC1CCCC(C(=O)O)C1. The number of hydrogen-bond donors (Lipinski definition) is 3. The maximum absolute atomic E-state index is 12.6. The number of benzene rings is 2. The molecule has 0 aliphatic heterocycles. The van der Waals surface area contributed by atoms with Gasteiger partial charge in [-0.1, -0.05) is 61.9 Å². The van der Waals surface area contributed by atoms with Gasteiger partial charge in [0, 0.05) is 18.5 Å². The fourth-order valence-corrected chi connectivity index (χ4v) is 5.28. The molecule has 7 nitrogen and oxygen atoms in total. The minimum absolute atomic E-state index is 0.0192. The molecule has 7 heteroatoms. The molecule has 0 saturated heterocycles. The van der Waals surface area contributed by atoms with Gasteiger partial charge >= 0.3 is 12.1 Å². The first-order valence-corrected chi connectivity index (χ1v) is 12.5. The molecule has 0 heterocycles. The third-order valence-corrected chi connectivity index (χ3v) is 7.55. The molecular formula is C28H34N2O5. The van der Waals surface area contributed by atoms with Gasteiger partial charge in [0.25, 0.3) is 0 Å². The maximum Gasteiger partial charge on any atom is 0.407 e. The number of nitrogens with one attached hydrogen (secondary N) is 2. The van der Waals surface area contributed by atoms with Crippen molar-refractivity contribution >= 4 is 18.0 Å². The number of carbonyl (C=O) groups excluding carboxylic acids is 2. The average Bonchev–Trinajstić information content (AvgIpc) is 3.19. The molecule has 0 radical (unpaired) electrons. The van der Waals surface area contributed by atoms with Crippen LogP contribution in [0.2, 0.25) is 0 Å². The van der Waals surface area contributed by atoms with Crippen LogP contribution in [-0.4, -0.2) is 42.3 Å². The summed E-state index contributed by atoms with van der Waals surface area (Å²) in [6, 6.07) is 15.9. The van der Waals surface area contributed by atoms with Crippen molar-refractivity contribution in [3.05, 3.63) is 59.7 Å². The molecule has 2 aromatic rings. The number of rotatable bonds is 8. The monoisotopic (exact) mass is 478 g/mol. The molecule has 2 aliphatic rings. The number of ether oxygens (including phenoxy) is 1. The minimum Gasteiger partial charge on any atom is -0.481 e. The molecular weight excluding hydrogens is 444 g/mol. The number of hydrogen-bond acceptors (Lipinski definition) is 4. The topological polar surface area (TPSA) is 105 Å². The molecule has 0 bridgehead atoms. The second kappa shape index (κ2) is 10.9. The lowest BCUT2D eigenvalue weighted by Gasteiger charge is -2.28. The Hall–Kier alpha value is -3.35. The Balaban J connectivity index is 1.25. The van der Waals surface area contributed by atoms with E-state index in [1.807, 2.05) is 24.3 Å². The van der Waals surface area contributed by atoms with E-state index in [0.29, 0.717) is 19.4 Å². The van der Waals surface area contributed by atoms with E-state index in [1.54, 1.807) is 13.8 Å². The van der Waals surface area contributed by atoms with E-state index in [2.05, 4.69) is 34.9 Å². The summed E-state index contributed by atoms with van der Waals surface area (Å²) in [5, 5.41) is 15.0. The Kier molecular flexibility index (Phi) is 7.73. The lowest BCUT2D eigenvalue weighted by atomic mass is 9.81. The molecule has 1 fully saturated rings. The zero-order valence-corrected chi connectivity index (χ0v) is 20.3. The van der Waals surface area contributed by atoms with Crippen molar-refractivity contribution in [1.29, 1.82) is 0 Å². The van der Waals surface area contributed by atoms with Gasteiger partial charge in [0.15, 0.2) is 0 Å². The van der Waals surface area contributed by atoms with E-state index in [1.165, 1.54) is 11.1 Å². The predicted molar refractivity (Wildman–Crippen MR) is 133 cm³/mol. The molecule has 1 saturated carbocycles. The van der Waals surface area contributed by atoms with E-state index in [4.69, 9.17) is 4.74 Å². The quantitative estimate of drug-likeness (QED) is 0.516. The summed E-state index contributed by atoms with van der Waals surface area (Å²) >= 11 is 0. The van der Waals surface area contributed by atoms with Gasteiger partial charge < -0.3 is 20.5 Å². The second-order valence-electron chi connectivity index (χ2n) is 9.86. The van der Waals surface area contributed by atoms with Crippen molar-refractivity contribution in [1.82, 2.24) is 10.6 Å². The zero-order chi connectivity index (χ0) is 24.9. The van der Waals surface area contributed by atoms with Crippen LogP contribution < -0.4 is 10.6 Å². The molecule has 4 atom stereocenters. The van der Waals surface area contributed by atoms with Gasteiger partial charge in [-0.15, -0.1) is 0 Å². The summed E-state index contributed by atoms with van der Waals surface area (Å²) < 4.78 is 5.59. The van der Waals surface area contributed by atoms with Crippen LogP contribution in [0.3, 0.4) is 0 Å². The van der Waals surface area contributed by atoms with Crippen LogP contribution in [0.1, 0.15) is 56.6 Å². The summed E-state index contributed by atoms with van der Waals surface area (Å²) in [5.74, 6) is -1.53. The van der Waals surface area contributed by atoms with Gasteiger partial charge in [-0.3, -0.25) is 9.59 Å². The standard InChI is InChI=1S/C28H34N2O5/c1-17(26(31)29-15-19-8-7-9-20(14-19)27(32)33)18(2)30-28(34)35-16-25-23-12-5-3-10-21(23)22-11-4-6-13-24(22)25/h3-6,10-13,17-20,25H,7-9,14-16H2,1-2H3,(H,29,31)(H,30,34)(H,32,33). The lowest BCUT2D eigenvalue weighted by Crippen LogP contribution is -2.45. The van der Waals surface area contributed by atoms with Gasteiger partial charge in [0.1, 0.15) is 6.61 Å². The van der Waals surface area contributed by atoms with Crippen LogP contribution >= 0.6 is 0 Å². The van der Waals surface area contributed by atoms with Gasteiger partial charge in [0.2, 0.25) is 5.91 Å². The highest BCUT2D eigenvalue weighted by atomic mass is 16.5. The van der Waals surface area contributed by atoms with Crippen LogP contribution in [0.15, 0.2) is 48.5 Å². The molecule has 0 aromatic heterocycles. The van der Waals surface area contributed by atoms with E-state index >= 15 is 0 Å². The Bertz CT molecular complexity index is 1040. The molecule has 2 aromatic carbocycles. The van der Waals surface area contributed by atoms with Crippen molar-refractivity contribution < 1.29 is 24.2 Å². The van der Waals surface area contributed by atoms with Crippen LogP contribution in [0.5, 0.6) is 0 Å². The third kappa shape index (κ3) is 5.66. The maximum atomic E-state index is 12.6. The van der Waals surface area contributed by atoms with Crippen LogP contribution in [0.4, 0.5) is 4.79 Å². The molecule has 186 valence electrons. The summed E-state index contributed by atoms with van der Waals surface area (Å²) in [7, 11) is 0. The van der Waals surface area contributed by atoms with Crippen molar-refractivity contribution in [2.24, 2.45) is 17.8 Å². The summed E-state index contributed by atoms with van der Waals surface area (Å²) in [4.78, 5) is 36.4. The zero-order valence-electron chi connectivity index (χ0n) is 20.3. The van der Waals surface area contributed by atoms with Gasteiger partial charge in [0.05, 0.1) is 11.8 Å². The Morgan fingerprint density at radius 1 is 1.00 bits per heavy atom. The van der Waals surface area contributed by atoms with E-state index in [0.717, 1.165) is 24.0 Å². The second-order valence-corrected chi connectivity index (χ2v) is 9.86.